The fourth-order valence-electron chi connectivity index (χ4n) is 0.440. The summed E-state index contributed by atoms with van der Waals surface area (Å²) >= 11 is 0. The van der Waals surface area contributed by atoms with E-state index in [1.54, 1.807) is 6.20 Å². The van der Waals surface area contributed by atoms with E-state index in [9.17, 15) is 0 Å². The third-order valence-electron chi connectivity index (χ3n) is 1.07. The molecule has 0 aliphatic carbocycles. The van der Waals surface area contributed by atoms with Gasteiger partial charge in [-0.1, -0.05) is 0 Å². The second kappa shape index (κ2) is 2.77. The summed E-state index contributed by atoms with van der Waals surface area (Å²) < 4.78 is 1.83. The molecule has 46 valence electrons. The molecule has 0 saturated heterocycles. The van der Waals surface area contributed by atoms with Crippen LogP contribution in [0.4, 0.5) is 0 Å². The topological polar surface area (TPSA) is 17.8 Å². The zero-order valence-corrected chi connectivity index (χ0v) is 6.05. The van der Waals surface area contributed by atoms with Crippen molar-refractivity contribution in [2.24, 2.45) is 7.05 Å². The SMILES string of the molecule is Cc1ccnn1C.S. The van der Waals surface area contributed by atoms with Crippen molar-refractivity contribution in [3.05, 3.63) is 18.0 Å². The van der Waals surface area contributed by atoms with E-state index in [1.807, 2.05) is 24.7 Å². The molecule has 0 radical (unpaired) electrons. The lowest BCUT2D eigenvalue weighted by Gasteiger charge is -1.87. The molecule has 0 saturated carbocycles. The van der Waals surface area contributed by atoms with Gasteiger partial charge in [0, 0.05) is 18.9 Å². The number of hydrogen-bond acceptors (Lipinski definition) is 1. The molecule has 0 aromatic carbocycles. The minimum Gasteiger partial charge on any atom is -0.273 e. The van der Waals surface area contributed by atoms with E-state index in [-0.39, 0.29) is 13.5 Å². The summed E-state index contributed by atoms with van der Waals surface area (Å²) in [6.07, 6.45) is 1.79. The lowest BCUT2D eigenvalue weighted by atomic mass is 10.5. The molecule has 0 N–H and O–H groups in total. The van der Waals surface area contributed by atoms with Crippen LogP contribution in [0.5, 0.6) is 0 Å². The fourth-order valence-corrected chi connectivity index (χ4v) is 0.440. The third kappa shape index (κ3) is 1.26. The highest BCUT2D eigenvalue weighted by Crippen LogP contribution is 1.88. The largest absolute Gasteiger partial charge is 0.273 e. The van der Waals surface area contributed by atoms with Gasteiger partial charge in [-0.25, -0.2) is 0 Å². The van der Waals surface area contributed by atoms with Crippen molar-refractivity contribution < 1.29 is 0 Å². The molecule has 0 fully saturated rings. The highest BCUT2D eigenvalue weighted by Gasteiger charge is 1.83. The lowest BCUT2D eigenvalue weighted by Crippen LogP contribution is -1.90. The number of rotatable bonds is 0. The highest BCUT2D eigenvalue weighted by atomic mass is 32.1. The standard InChI is InChI=1S/C5H8N2.H2S/c1-5-3-4-6-7(5)2;/h3-4H,1-2H3;1H2. The predicted octanol–water partition coefficient (Wildman–Crippen LogP) is 0.841. The van der Waals surface area contributed by atoms with E-state index in [0.717, 1.165) is 0 Å². The van der Waals surface area contributed by atoms with Crippen LogP contribution >= 0.6 is 13.5 Å². The Balaban J connectivity index is 0.000000490. The van der Waals surface area contributed by atoms with Crippen LogP contribution in [0, 0.1) is 6.92 Å². The quantitative estimate of drug-likeness (QED) is 0.509. The monoisotopic (exact) mass is 130 g/mol. The number of hydrogen-bond donors (Lipinski definition) is 0. The van der Waals surface area contributed by atoms with Gasteiger partial charge in [-0.05, 0) is 13.0 Å². The van der Waals surface area contributed by atoms with Crippen molar-refractivity contribution in [2.75, 3.05) is 0 Å². The first kappa shape index (κ1) is 7.56. The van der Waals surface area contributed by atoms with Gasteiger partial charge in [0.15, 0.2) is 0 Å². The van der Waals surface area contributed by atoms with Crippen LogP contribution in [-0.2, 0) is 7.05 Å². The van der Waals surface area contributed by atoms with E-state index in [0.29, 0.717) is 0 Å². The molecule has 3 heteroatoms. The van der Waals surface area contributed by atoms with Gasteiger partial charge in [-0.3, -0.25) is 4.68 Å². The molecule has 0 bridgehead atoms. The molecular formula is C5H10N2S. The second-order valence-electron chi connectivity index (χ2n) is 1.60. The average molecular weight is 130 g/mol. The van der Waals surface area contributed by atoms with Gasteiger partial charge >= 0.3 is 0 Å². The maximum atomic E-state index is 3.93. The Morgan fingerprint density at radius 1 is 1.62 bits per heavy atom. The van der Waals surface area contributed by atoms with Crippen LogP contribution in [0.2, 0.25) is 0 Å². The van der Waals surface area contributed by atoms with Crippen LogP contribution < -0.4 is 0 Å². The minimum atomic E-state index is 0. The molecule has 8 heavy (non-hydrogen) atoms. The summed E-state index contributed by atoms with van der Waals surface area (Å²) in [7, 11) is 1.93. The third-order valence-corrected chi connectivity index (χ3v) is 1.07. The minimum absolute atomic E-state index is 0. The number of nitrogens with zero attached hydrogens (tertiary/aromatic N) is 2. The van der Waals surface area contributed by atoms with Gasteiger partial charge in [-0.2, -0.15) is 18.6 Å². The number of aromatic nitrogens is 2. The molecule has 2 nitrogen and oxygen atoms in total. The van der Waals surface area contributed by atoms with Crippen molar-refractivity contribution in [1.82, 2.24) is 9.78 Å². The normalized spacial score (nSPS) is 8.25. The van der Waals surface area contributed by atoms with Crippen LogP contribution in [0.1, 0.15) is 5.69 Å². The predicted molar refractivity (Wildman–Crippen MR) is 38.3 cm³/mol. The van der Waals surface area contributed by atoms with Crippen LogP contribution in [0.15, 0.2) is 12.3 Å². The number of aryl methyl sites for hydroxylation is 2. The summed E-state index contributed by atoms with van der Waals surface area (Å²) in [5.74, 6) is 0. The highest BCUT2D eigenvalue weighted by molar-refractivity contribution is 7.59. The van der Waals surface area contributed by atoms with Crippen molar-refractivity contribution in [1.29, 1.82) is 0 Å². The molecule has 0 aliphatic rings. The van der Waals surface area contributed by atoms with Gasteiger partial charge in [0.1, 0.15) is 0 Å². The first-order valence-corrected chi connectivity index (χ1v) is 2.25. The van der Waals surface area contributed by atoms with Gasteiger partial charge in [0.25, 0.3) is 0 Å². The Morgan fingerprint density at radius 2 is 2.25 bits per heavy atom. The Bertz CT molecular complexity index is 143. The van der Waals surface area contributed by atoms with Crippen molar-refractivity contribution in [3.8, 4) is 0 Å². The van der Waals surface area contributed by atoms with Gasteiger partial charge in [0.2, 0.25) is 0 Å². The van der Waals surface area contributed by atoms with Crippen molar-refractivity contribution >= 4 is 13.5 Å². The van der Waals surface area contributed by atoms with E-state index < -0.39 is 0 Å². The first-order valence-electron chi connectivity index (χ1n) is 2.25. The maximum Gasteiger partial charge on any atom is 0.0492 e. The average Bonchev–Trinajstić information content (AvgIpc) is 1.91. The van der Waals surface area contributed by atoms with E-state index in [2.05, 4.69) is 5.10 Å². The fraction of sp³-hybridized carbons (Fsp3) is 0.400. The van der Waals surface area contributed by atoms with E-state index in [1.165, 1.54) is 5.69 Å². The van der Waals surface area contributed by atoms with Crippen molar-refractivity contribution in [2.45, 2.75) is 6.92 Å². The Labute approximate surface area is 56.0 Å². The van der Waals surface area contributed by atoms with Crippen LogP contribution in [0.3, 0.4) is 0 Å². The maximum absolute atomic E-state index is 3.93. The molecule has 0 spiro atoms. The molecule has 1 rings (SSSR count). The molecule has 0 aliphatic heterocycles. The van der Waals surface area contributed by atoms with Gasteiger partial charge in [0.05, 0.1) is 0 Å². The summed E-state index contributed by atoms with van der Waals surface area (Å²) in [6.45, 7) is 2.02. The molecule has 1 aromatic rings. The lowest BCUT2D eigenvalue weighted by molar-refractivity contribution is 0.740. The molecule has 1 aromatic heterocycles. The van der Waals surface area contributed by atoms with Crippen LogP contribution in [0.25, 0.3) is 0 Å². The van der Waals surface area contributed by atoms with E-state index >= 15 is 0 Å². The first-order chi connectivity index (χ1) is 3.30. The Morgan fingerprint density at radius 3 is 2.38 bits per heavy atom. The summed E-state index contributed by atoms with van der Waals surface area (Å²) in [6, 6.07) is 1.97. The Kier molecular flexibility index (Phi) is 2.62. The molecule has 0 unspecified atom stereocenters. The second-order valence-corrected chi connectivity index (χ2v) is 1.60. The summed E-state index contributed by atoms with van der Waals surface area (Å²) in [4.78, 5) is 0. The zero-order valence-electron chi connectivity index (χ0n) is 5.05. The zero-order chi connectivity index (χ0) is 5.28. The summed E-state index contributed by atoms with van der Waals surface area (Å²) in [5.41, 5.74) is 1.19. The van der Waals surface area contributed by atoms with Crippen molar-refractivity contribution in [3.63, 3.8) is 0 Å². The van der Waals surface area contributed by atoms with Gasteiger partial charge in [-0.15, -0.1) is 0 Å². The van der Waals surface area contributed by atoms with Gasteiger partial charge < -0.3 is 0 Å². The Hall–Kier alpha value is -0.440. The van der Waals surface area contributed by atoms with Crippen LogP contribution in [-0.4, -0.2) is 9.78 Å². The smallest absolute Gasteiger partial charge is 0.0492 e. The molecule has 1 heterocycles. The molecule has 0 amide bonds. The van der Waals surface area contributed by atoms with E-state index in [4.69, 9.17) is 0 Å². The summed E-state index contributed by atoms with van der Waals surface area (Å²) in [5, 5.41) is 3.93. The molecule has 0 atom stereocenters. The molecular weight excluding hydrogens is 120 g/mol.